The minimum Gasteiger partial charge on any atom is -0.315 e. The first kappa shape index (κ1) is 10.4. The van der Waals surface area contributed by atoms with Crippen LogP contribution in [0, 0.1) is 0 Å². The van der Waals surface area contributed by atoms with Crippen molar-refractivity contribution < 1.29 is 4.21 Å². The van der Waals surface area contributed by atoms with Gasteiger partial charge in [0.15, 0.2) is 4.34 Å². The highest BCUT2D eigenvalue weighted by atomic mass is 32.2. The van der Waals surface area contributed by atoms with E-state index in [9.17, 15) is 4.21 Å². The van der Waals surface area contributed by atoms with Crippen LogP contribution >= 0.6 is 11.3 Å². The zero-order valence-corrected chi connectivity index (χ0v) is 10.3. The summed E-state index contributed by atoms with van der Waals surface area (Å²) in [5.74, 6) is 0. The molecule has 0 amide bonds. The van der Waals surface area contributed by atoms with Crippen LogP contribution in [0.1, 0.15) is 6.42 Å². The lowest BCUT2D eigenvalue weighted by molar-refractivity contribution is 0.672. The van der Waals surface area contributed by atoms with Gasteiger partial charge in [-0.25, -0.2) is 4.98 Å². The molecule has 0 saturated carbocycles. The second-order valence-corrected chi connectivity index (χ2v) is 6.80. The summed E-state index contributed by atoms with van der Waals surface area (Å²) in [5.41, 5.74) is 0.960. The summed E-state index contributed by atoms with van der Waals surface area (Å²) >= 11 is 1.55. The number of rotatable bonds is 2. The third kappa shape index (κ3) is 1.79. The number of fused-ring (bicyclic) bond motifs is 1. The summed E-state index contributed by atoms with van der Waals surface area (Å²) in [6.45, 7) is 1.82. The fourth-order valence-electron chi connectivity index (χ4n) is 1.89. The van der Waals surface area contributed by atoms with Crippen LogP contribution in [0.25, 0.3) is 10.2 Å². The lowest BCUT2D eigenvalue weighted by atomic mass is 10.3. The van der Waals surface area contributed by atoms with Crippen molar-refractivity contribution in [1.82, 2.24) is 10.3 Å². The molecule has 0 aliphatic carbocycles. The maximum absolute atomic E-state index is 12.2. The predicted molar refractivity (Wildman–Crippen MR) is 67.3 cm³/mol. The minimum absolute atomic E-state index is 0.237. The van der Waals surface area contributed by atoms with Crippen molar-refractivity contribution in [2.75, 3.05) is 13.1 Å². The van der Waals surface area contributed by atoms with Gasteiger partial charge in [0.1, 0.15) is 0 Å². The third-order valence-electron chi connectivity index (χ3n) is 2.76. The van der Waals surface area contributed by atoms with Crippen molar-refractivity contribution in [3.8, 4) is 0 Å². The Morgan fingerprint density at radius 2 is 2.31 bits per heavy atom. The molecular weight excluding hydrogens is 240 g/mol. The molecule has 84 valence electrons. The van der Waals surface area contributed by atoms with Gasteiger partial charge in [-0.15, -0.1) is 11.3 Å². The van der Waals surface area contributed by atoms with Crippen LogP contribution in [-0.4, -0.2) is 27.5 Å². The Morgan fingerprint density at radius 1 is 1.44 bits per heavy atom. The highest BCUT2D eigenvalue weighted by Crippen LogP contribution is 2.26. The Labute approximate surface area is 100 Å². The summed E-state index contributed by atoms with van der Waals surface area (Å²) in [5, 5.41) is 3.48. The lowest BCUT2D eigenvalue weighted by Gasteiger charge is -2.03. The average molecular weight is 252 g/mol. The molecule has 1 fully saturated rings. The average Bonchev–Trinajstić information content (AvgIpc) is 2.97. The van der Waals surface area contributed by atoms with Gasteiger partial charge < -0.3 is 5.32 Å². The SMILES string of the molecule is O=S(c1nc2ccccc2s1)[C@H]1CCNC1. The second kappa shape index (κ2) is 4.24. The smallest absolute Gasteiger partial charge is 0.182 e. The number of hydrogen-bond acceptors (Lipinski definition) is 4. The van der Waals surface area contributed by atoms with E-state index in [1.165, 1.54) is 0 Å². The van der Waals surface area contributed by atoms with Gasteiger partial charge in [-0.2, -0.15) is 0 Å². The third-order valence-corrected chi connectivity index (χ3v) is 5.78. The fraction of sp³-hybridized carbons (Fsp3) is 0.364. The fourth-order valence-corrected chi connectivity index (χ4v) is 4.67. The molecule has 2 atom stereocenters. The number of thiazole rings is 1. The first-order valence-electron chi connectivity index (χ1n) is 5.31. The van der Waals surface area contributed by atoms with Gasteiger partial charge in [-0.05, 0) is 25.1 Å². The van der Waals surface area contributed by atoms with Crippen molar-refractivity contribution in [2.24, 2.45) is 0 Å². The largest absolute Gasteiger partial charge is 0.315 e. The molecule has 1 unspecified atom stereocenters. The Balaban J connectivity index is 1.96. The molecule has 0 bridgehead atoms. The van der Waals surface area contributed by atoms with Gasteiger partial charge >= 0.3 is 0 Å². The van der Waals surface area contributed by atoms with E-state index >= 15 is 0 Å². The molecule has 0 radical (unpaired) electrons. The predicted octanol–water partition coefficient (Wildman–Crippen LogP) is 1.77. The number of nitrogens with zero attached hydrogens (tertiary/aromatic N) is 1. The highest BCUT2D eigenvalue weighted by Gasteiger charge is 2.24. The standard InChI is InChI=1S/C11H12N2OS2/c14-16(8-5-6-12-7-8)11-13-9-3-1-2-4-10(9)15-11/h1-4,8,12H,5-7H2/t8-,16?/m0/s1. The normalized spacial score (nSPS) is 22.6. The molecule has 1 N–H and O–H groups in total. The van der Waals surface area contributed by atoms with Gasteiger partial charge in [-0.1, -0.05) is 12.1 Å². The van der Waals surface area contributed by atoms with Crippen molar-refractivity contribution in [3.05, 3.63) is 24.3 Å². The first-order valence-corrected chi connectivity index (χ1v) is 7.34. The summed E-state index contributed by atoms with van der Waals surface area (Å²) in [6.07, 6.45) is 0.989. The second-order valence-electron chi connectivity index (χ2n) is 3.86. The summed E-state index contributed by atoms with van der Waals surface area (Å²) in [4.78, 5) is 4.45. The monoisotopic (exact) mass is 252 g/mol. The molecule has 1 aromatic heterocycles. The Morgan fingerprint density at radius 3 is 3.06 bits per heavy atom. The quantitative estimate of drug-likeness (QED) is 0.885. The Bertz CT molecular complexity index is 499. The lowest BCUT2D eigenvalue weighted by Crippen LogP contribution is -2.18. The van der Waals surface area contributed by atoms with Crippen molar-refractivity contribution in [2.45, 2.75) is 16.0 Å². The molecule has 5 heteroatoms. The van der Waals surface area contributed by atoms with Crippen LogP contribution in [0.4, 0.5) is 0 Å². The maximum atomic E-state index is 12.2. The van der Waals surface area contributed by atoms with Crippen molar-refractivity contribution in [3.63, 3.8) is 0 Å². The number of aromatic nitrogens is 1. The summed E-state index contributed by atoms with van der Waals surface area (Å²) in [7, 11) is -0.946. The number of hydrogen-bond donors (Lipinski definition) is 1. The molecule has 3 nitrogen and oxygen atoms in total. The van der Waals surface area contributed by atoms with E-state index in [2.05, 4.69) is 10.3 Å². The van der Waals surface area contributed by atoms with E-state index in [1.54, 1.807) is 11.3 Å². The first-order chi connectivity index (χ1) is 7.84. The molecule has 2 aromatic rings. The van der Waals surface area contributed by atoms with E-state index in [0.717, 1.165) is 34.1 Å². The molecular formula is C11H12N2OS2. The van der Waals surface area contributed by atoms with Crippen molar-refractivity contribution >= 4 is 32.4 Å². The molecule has 16 heavy (non-hydrogen) atoms. The van der Waals surface area contributed by atoms with Gasteiger partial charge in [-0.3, -0.25) is 4.21 Å². The van der Waals surface area contributed by atoms with Gasteiger partial charge in [0.2, 0.25) is 0 Å². The highest BCUT2D eigenvalue weighted by molar-refractivity contribution is 7.88. The van der Waals surface area contributed by atoms with Crippen LogP contribution < -0.4 is 5.32 Å². The van der Waals surface area contributed by atoms with Gasteiger partial charge in [0, 0.05) is 6.54 Å². The topological polar surface area (TPSA) is 42.0 Å². The minimum atomic E-state index is -0.946. The molecule has 1 aliphatic rings. The molecule has 1 aliphatic heterocycles. The summed E-state index contributed by atoms with van der Waals surface area (Å²) < 4.78 is 14.1. The Kier molecular flexibility index (Phi) is 2.75. The molecule has 1 aromatic carbocycles. The van der Waals surface area contributed by atoms with Crippen LogP contribution in [0.15, 0.2) is 28.6 Å². The van der Waals surface area contributed by atoms with Crippen LogP contribution in [0.3, 0.4) is 0 Å². The van der Waals surface area contributed by atoms with Crippen LogP contribution in [-0.2, 0) is 10.8 Å². The maximum Gasteiger partial charge on any atom is 0.182 e. The number of para-hydroxylation sites is 1. The summed E-state index contributed by atoms with van der Waals surface area (Å²) in [6, 6.07) is 7.95. The number of nitrogens with one attached hydrogen (secondary N) is 1. The van der Waals surface area contributed by atoms with Crippen molar-refractivity contribution in [1.29, 1.82) is 0 Å². The van der Waals surface area contributed by atoms with E-state index in [0.29, 0.717) is 0 Å². The van der Waals surface area contributed by atoms with Crippen LogP contribution in [0.2, 0.25) is 0 Å². The zero-order valence-electron chi connectivity index (χ0n) is 8.68. The molecule has 1 saturated heterocycles. The van der Waals surface area contributed by atoms with E-state index in [4.69, 9.17) is 0 Å². The molecule has 3 rings (SSSR count). The zero-order chi connectivity index (χ0) is 11.0. The molecule has 2 heterocycles. The Hall–Kier alpha value is -0.780. The van der Waals surface area contributed by atoms with E-state index in [1.807, 2.05) is 24.3 Å². The van der Waals surface area contributed by atoms with E-state index in [-0.39, 0.29) is 5.25 Å². The van der Waals surface area contributed by atoms with Crippen LogP contribution in [0.5, 0.6) is 0 Å². The van der Waals surface area contributed by atoms with E-state index < -0.39 is 10.8 Å². The number of benzene rings is 1. The van der Waals surface area contributed by atoms with Gasteiger partial charge in [0.05, 0.1) is 26.3 Å². The molecule has 0 spiro atoms. The van der Waals surface area contributed by atoms with Gasteiger partial charge in [0.25, 0.3) is 0 Å².